The Balaban J connectivity index is 1.42. The highest BCUT2D eigenvalue weighted by molar-refractivity contribution is 7.92. The van der Waals surface area contributed by atoms with Crippen molar-refractivity contribution in [1.82, 2.24) is 4.98 Å². The fourth-order valence-corrected chi connectivity index (χ4v) is 6.76. The molecule has 6 nitrogen and oxygen atoms in total. The fraction of sp³-hybridized carbons (Fsp3) is 0.348. The molecule has 0 N–H and O–H groups in total. The minimum Gasteiger partial charge on any atom is -0.497 e. The summed E-state index contributed by atoms with van der Waals surface area (Å²) in [6.07, 6.45) is 1.84. The highest BCUT2D eigenvalue weighted by atomic mass is 35.5. The first-order valence-electron chi connectivity index (χ1n) is 10.3. The molecule has 0 amide bonds. The van der Waals surface area contributed by atoms with Crippen LogP contribution >= 0.6 is 22.9 Å². The normalized spacial score (nSPS) is 15.0. The lowest BCUT2D eigenvalue weighted by Crippen LogP contribution is -2.39. The smallest absolute Gasteiger partial charge is 0.185 e. The average Bonchev–Trinajstić information content (AvgIpc) is 3.28. The van der Waals surface area contributed by atoms with Crippen molar-refractivity contribution >= 4 is 37.9 Å². The molecule has 0 unspecified atom stereocenters. The van der Waals surface area contributed by atoms with Crippen molar-refractivity contribution in [2.24, 2.45) is 0 Å². The number of methoxy groups -OCH3 is 2. The predicted molar refractivity (Wildman–Crippen MR) is 128 cm³/mol. The van der Waals surface area contributed by atoms with Gasteiger partial charge in [-0.25, -0.2) is 13.4 Å². The third-order valence-electron chi connectivity index (χ3n) is 5.67. The molecule has 1 saturated heterocycles. The number of hydrogen-bond donors (Lipinski definition) is 0. The first-order valence-corrected chi connectivity index (χ1v) is 13.1. The number of nitrogens with zero attached hydrogens (tertiary/aromatic N) is 2. The molecular weight excluding hydrogens is 468 g/mol. The van der Waals surface area contributed by atoms with Crippen molar-refractivity contribution in [1.29, 1.82) is 0 Å². The Kier molecular flexibility index (Phi) is 6.93. The van der Waals surface area contributed by atoms with Gasteiger partial charge in [-0.05, 0) is 42.7 Å². The summed E-state index contributed by atoms with van der Waals surface area (Å²) in [5.41, 5.74) is 2.16. The van der Waals surface area contributed by atoms with E-state index in [1.54, 1.807) is 29.5 Å². The Labute approximate surface area is 197 Å². The summed E-state index contributed by atoms with van der Waals surface area (Å²) in [7, 11) is -0.497. The van der Waals surface area contributed by atoms with E-state index in [0.29, 0.717) is 37.4 Å². The summed E-state index contributed by atoms with van der Waals surface area (Å²) in [5, 5.41) is 3.27. The van der Waals surface area contributed by atoms with Crippen LogP contribution in [0, 0.1) is 0 Å². The standard InChI is InChI=1S/C23H25ClN2O4S2/c1-29-19-7-8-22(21(14-19)30-2)32(27,28)20-9-11-26(12-10-20)23-25-18(15-31-23)13-16-3-5-17(24)6-4-16/h3-8,14-15,20H,9-13H2,1-2H3. The lowest BCUT2D eigenvalue weighted by Gasteiger charge is -2.31. The number of aromatic nitrogens is 1. The van der Waals surface area contributed by atoms with E-state index in [1.165, 1.54) is 14.2 Å². The van der Waals surface area contributed by atoms with Crippen LogP contribution in [0.1, 0.15) is 24.1 Å². The minimum atomic E-state index is -3.51. The van der Waals surface area contributed by atoms with Gasteiger partial charge in [0.25, 0.3) is 0 Å². The van der Waals surface area contributed by atoms with Crippen LogP contribution in [0.4, 0.5) is 5.13 Å². The average molecular weight is 493 g/mol. The second-order valence-electron chi connectivity index (χ2n) is 7.67. The summed E-state index contributed by atoms with van der Waals surface area (Å²) in [6, 6.07) is 12.6. The van der Waals surface area contributed by atoms with Crippen LogP contribution in [0.2, 0.25) is 5.02 Å². The molecule has 0 atom stereocenters. The molecule has 170 valence electrons. The Morgan fingerprint density at radius 1 is 1.09 bits per heavy atom. The van der Waals surface area contributed by atoms with Gasteiger partial charge >= 0.3 is 0 Å². The van der Waals surface area contributed by atoms with Gasteiger partial charge in [0.2, 0.25) is 0 Å². The number of halogens is 1. The zero-order valence-corrected chi connectivity index (χ0v) is 20.3. The maximum Gasteiger partial charge on any atom is 0.185 e. The number of hydrogen-bond acceptors (Lipinski definition) is 7. The molecule has 2 aromatic carbocycles. The van der Waals surface area contributed by atoms with Crippen LogP contribution in [0.3, 0.4) is 0 Å². The highest BCUT2D eigenvalue weighted by Crippen LogP contribution is 2.35. The van der Waals surface area contributed by atoms with Crippen LogP contribution in [0.5, 0.6) is 11.5 Å². The lowest BCUT2D eigenvalue weighted by molar-refractivity contribution is 0.385. The molecule has 1 aromatic heterocycles. The molecule has 4 rings (SSSR count). The quantitative estimate of drug-likeness (QED) is 0.469. The number of rotatable bonds is 7. The van der Waals surface area contributed by atoms with Crippen LogP contribution in [0.15, 0.2) is 52.7 Å². The summed E-state index contributed by atoms with van der Waals surface area (Å²) in [5.74, 6) is 0.882. The number of thiazole rings is 1. The SMILES string of the molecule is COc1ccc(S(=O)(=O)C2CCN(c3nc(Cc4ccc(Cl)cc4)cs3)CC2)c(OC)c1. The van der Waals surface area contributed by atoms with E-state index in [-0.39, 0.29) is 4.90 Å². The Bertz CT molecular complexity index is 1170. The predicted octanol–water partition coefficient (Wildman–Crippen LogP) is 4.85. The second-order valence-corrected chi connectivity index (χ2v) is 11.1. The van der Waals surface area contributed by atoms with Gasteiger partial charge in [-0.2, -0.15) is 0 Å². The molecule has 1 fully saturated rings. The Morgan fingerprint density at radius 3 is 2.47 bits per heavy atom. The van der Waals surface area contributed by atoms with Crippen molar-refractivity contribution in [2.75, 3.05) is 32.2 Å². The topological polar surface area (TPSA) is 68.7 Å². The van der Waals surface area contributed by atoms with Crippen LogP contribution < -0.4 is 14.4 Å². The van der Waals surface area contributed by atoms with Gasteiger partial charge in [0.15, 0.2) is 15.0 Å². The Hall–Kier alpha value is -2.29. The number of sulfone groups is 1. The molecule has 1 aliphatic rings. The molecule has 1 aliphatic heterocycles. The van der Waals surface area contributed by atoms with Crippen LogP contribution in [-0.4, -0.2) is 46.0 Å². The third-order valence-corrected chi connectivity index (χ3v) is 9.17. The van der Waals surface area contributed by atoms with E-state index >= 15 is 0 Å². The van der Waals surface area contributed by atoms with Gasteiger partial charge < -0.3 is 14.4 Å². The minimum absolute atomic E-state index is 0.221. The fourth-order valence-electron chi connectivity index (χ4n) is 3.88. The van der Waals surface area contributed by atoms with E-state index in [0.717, 1.165) is 27.8 Å². The monoisotopic (exact) mass is 492 g/mol. The highest BCUT2D eigenvalue weighted by Gasteiger charge is 2.34. The first kappa shape index (κ1) is 22.9. The van der Waals surface area contributed by atoms with Crippen molar-refractivity contribution < 1.29 is 17.9 Å². The molecule has 32 heavy (non-hydrogen) atoms. The van der Waals surface area contributed by atoms with E-state index in [4.69, 9.17) is 26.1 Å². The van der Waals surface area contributed by atoms with Gasteiger partial charge in [0.05, 0.1) is 25.2 Å². The zero-order valence-electron chi connectivity index (χ0n) is 18.0. The summed E-state index contributed by atoms with van der Waals surface area (Å²) >= 11 is 7.56. The lowest BCUT2D eigenvalue weighted by atomic mass is 10.1. The summed E-state index contributed by atoms with van der Waals surface area (Å²) in [4.78, 5) is 7.17. The summed E-state index contributed by atoms with van der Waals surface area (Å²) in [6.45, 7) is 1.30. The molecule has 2 heterocycles. The van der Waals surface area contributed by atoms with Gasteiger partial charge in [-0.1, -0.05) is 23.7 Å². The second kappa shape index (κ2) is 9.68. The van der Waals surface area contributed by atoms with E-state index in [2.05, 4.69) is 10.3 Å². The number of benzene rings is 2. The van der Waals surface area contributed by atoms with Crippen molar-refractivity contribution in [3.8, 4) is 11.5 Å². The van der Waals surface area contributed by atoms with Crippen molar-refractivity contribution in [3.05, 3.63) is 64.1 Å². The number of anilines is 1. The number of piperidine rings is 1. The number of ether oxygens (including phenoxy) is 2. The molecule has 9 heteroatoms. The Morgan fingerprint density at radius 2 is 1.81 bits per heavy atom. The molecule has 0 bridgehead atoms. The molecule has 0 saturated carbocycles. The van der Waals surface area contributed by atoms with E-state index < -0.39 is 15.1 Å². The van der Waals surface area contributed by atoms with Crippen molar-refractivity contribution in [3.63, 3.8) is 0 Å². The zero-order chi connectivity index (χ0) is 22.7. The van der Waals surface area contributed by atoms with Crippen LogP contribution in [0.25, 0.3) is 0 Å². The summed E-state index contributed by atoms with van der Waals surface area (Å²) < 4.78 is 37.1. The van der Waals surface area contributed by atoms with E-state index in [1.807, 2.05) is 24.3 Å². The molecule has 0 radical (unpaired) electrons. The van der Waals surface area contributed by atoms with Crippen molar-refractivity contribution in [2.45, 2.75) is 29.4 Å². The van der Waals surface area contributed by atoms with Gasteiger partial charge in [0.1, 0.15) is 16.4 Å². The maximum atomic E-state index is 13.3. The van der Waals surface area contributed by atoms with Gasteiger partial charge in [-0.15, -0.1) is 11.3 Å². The largest absolute Gasteiger partial charge is 0.497 e. The van der Waals surface area contributed by atoms with Gasteiger partial charge in [0, 0.05) is 36.0 Å². The third kappa shape index (κ3) is 4.87. The van der Waals surface area contributed by atoms with Gasteiger partial charge in [-0.3, -0.25) is 0 Å². The first-order chi connectivity index (χ1) is 15.4. The molecular formula is C23H25ClN2O4S2. The molecule has 0 spiro atoms. The maximum absolute atomic E-state index is 13.3. The molecule has 3 aromatic rings. The molecule has 0 aliphatic carbocycles. The van der Waals surface area contributed by atoms with Crippen LogP contribution in [-0.2, 0) is 16.3 Å². The van der Waals surface area contributed by atoms with E-state index in [9.17, 15) is 8.42 Å².